The van der Waals surface area contributed by atoms with Crippen LogP contribution >= 0.6 is 0 Å². The molecule has 0 aliphatic carbocycles. The molecule has 1 aromatic rings. The second kappa shape index (κ2) is 8.77. The number of ether oxygens (including phenoxy) is 2. The molecule has 2 aliphatic rings. The number of nitrogens with zero attached hydrogens (tertiary/aromatic N) is 2. The molecule has 3 rings (SSSR count). The number of carbonyl (C=O) groups excluding carboxylic acids is 1. The zero-order chi connectivity index (χ0) is 17.5. The van der Waals surface area contributed by atoms with E-state index >= 15 is 0 Å². The van der Waals surface area contributed by atoms with Gasteiger partial charge in [0.2, 0.25) is 5.91 Å². The number of rotatable bonds is 7. The first kappa shape index (κ1) is 18.3. The predicted octanol–water partition coefficient (Wildman–Crippen LogP) is 3.19. The second-order valence-electron chi connectivity index (χ2n) is 7.19. The molecular formula is C20H30N2O3. The summed E-state index contributed by atoms with van der Waals surface area (Å²) in [7, 11) is 0. The predicted molar refractivity (Wildman–Crippen MR) is 96.0 cm³/mol. The van der Waals surface area contributed by atoms with Crippen molar-refractivity contribution in [2.75, 3.05) is 26.3 Å². The van der Waals surface area contributed by atoms with Gasteiger partial charge in [-0.3, -0.25) is 9.78 Å². The Labute approximate surface area is 150 Å². The Morgan fingerprint density at radius 2 is 2.24 bits per heavy atom. The molecule has 0 radical (unpaired) electrons. The Morgan fingerprint density at radius 3 is 2.96 bits per heavy atom. The highest BCUT2D eigenvalue weighted by Gasteiger charge is 2.46. The topological polar surface area (TPSA) is 51.7 Å². The molecule has 5 nitrogen and oxygen atoms in total. The van der Waals surface area contributed by atoms with E-state index in [1.54, 1.807) is 6.20 Å². The summed E-state index contributed by atoms with van der Waals surface area (Å²) in [6.45, 7) is 5.89. The lowest BCUT2D eigenvalue weighted by molar-refractivity contribution is -0.137. The van der Waals surface area contributed by atoms with Gasteiger partial charge in [0, 0.05) is 38.9 Å². The number of hydrogen-bond acceptors (Lipinski definition) is 4. The molecule has 2 aliphatic heterocycles. The highest BCUT2D eigenvalue weighted by Crippen LogP contribution is 2.42. The molecule has 0 aromatic carbocycles. The number of carbonyl (C=O) groups is 1. The average Bonchev–Trinajstić information content (AvgIpc) is 3.02. The maximum absolute atomic E-state index is 12.1. The van der Waals surface area contributed by atoms with Crippen LogP contribution < -0.4 is 0 Å². The van der Waals surface area contributed by atoms with Crippen molar-refractivity contribution in [3.05, 3.63) is 30.1 Å². The van der Waals surface area contributed by atoms with Gasteiger partial charge >= 0.3 is 0 Å². The van der Waals surface area contributed by atoms with E-state index in [0.29, 0.717) is 24.9 Å². The molecule has 1 spiro atoms. The first-order chi connectivity index (χ1) is 12.2. The maximum Gasteiger partial charge on any atom is 0.222 e. The van der Waals surface area contributed by atoms with Crippen LogP contribution in [0.1, 0.15) is 51.1 Å². The van der Waals surface area contributed by atoms with Crippen LogP contribution in [0.3, 0.4) is 0 Å². The van der Waals surface area contributed by atoms with Crippen molar-refractivity contribution in [3.8, 4) is 0 Å². The van der Waals surface area contributed by atoms with Crippen molar-refractivity contribution in [2.45, 2.75) is 57.7 Å². The fraction of sp³-hybridized carbons (Fsp3) is 0.700. The van der Waals surface area contributed by atoms with E-state index in [0.717, 1.165) is 64.1 Å². The van der Waals surface area contributed by atoms with E-state index < -0.39 is 0 Å². The Bertz CT molecular complexity index is 541. The molecule has 3 heterocycles. The Kier molecular flexibility index (Phi) is 6.43. The molecule has 0 unspecified atom stereocenters. The fourth-order valence-corrected chi connectivity index (χ4v) is 4.14. The van der Waals surface area contributed by atoms with Gasteiger partial charge in [0.15, 0.2) is 0 Å². The Morgan fingerprint density at radius 1 is 1.40 bits per heavy atom. The smallest absolute Gasteiger partial charge is 0.222 e. The van der Waals surface area contributed by atoms with Crippen LogP contribution in [0.5, 0.6) is 0 Å². The van der Waals surface area contributed by atoms with Crippen molar-refractivity contribution in [1.82, 2.24) is 9.88 Å². The average molecular weight is 346 g/mol. The lowest BCUT2D eigenvalue weighted by Gasteiger charge is -2.42. The Balaban J connectivity index is 1.44. The van der Waals surface area contributed by atoms with E-state index in [-0.39, 0.29) is 5.60 Å². The molecule has 1 amide bonds. The molecule has 0 bridgehead atoms. The van der Waals surface area contributed by atoms with Gasteiger partial charge in [-0.05, 0) is 50.2 Å². The standard InChI is InChI=1S/C20H30N2O3/c1-2-5-19(23)22-12-9-20(10-13-22)17(8-15-25-20)7-14-24-16-18-6-3-4-11-21-18/h3-4,6,11,17H,2,5,7-10,12-16H2,1H3/t17-/m0/s1. The first-order valence-electron chi connectivity index (χ1n) is 9.63. The van der Waals surface area contributed by atoms with Crippen molar-refractivity contribution < 1.29 is 14.3 Å². The number of pyridine rings is 1. The summed E-state index contributed by atoms with van der Waals surface area (Å²) in [5, 5.41) is 0. The molecule has 1 atom stereocenters. The van der Waals surface area contributed by atoms with Crippen LogP contribution in [0.4, 0.5) is 0 Å². The number of amides is 1. The summed E-state index contributed by atoms with van der Waals surface area (Å²) in [5.74, 6) is 0.838. The van der Waals surface area contributed by atoms with Gasteiger partial charge in [-0.2, -0.15) is 0 Å². The normalized spacial score (nSPS) is 22.4. The zero-order valence-corrected chi connectivity index (χ0v) is 15.3. The molecule has 1 aromatic heterocycles. The molecule has 5 heteroatoms. The molecular weight excluding hydrogens is 316 g/mol. The van der Waals surface area contributed by atoms with Crippen LogP contribution in [0.2, 0.25) is 0 Å². The van der Waals surface area contributed by atoms with Crippen molar-refractivity contribution in [2.24, 2.45) is 5.92 Å². The van der Waals surface area contributed by atoms with Gasteiger partial charge in [0.1, 0.15) is 0 Å². The van der Waals surface area contributed by atoms with E-state index in [9.17, 15) is 4.79 Å². The minimum atomic E-state index is -0.0304. The number of likely N-dealkylation sites (tertiary alicyclic amines) is 1. The van der Waals surface area contributed by atoms with Gasteiger partial charge in [-0.1, -0.05) is 13.0 Å². The van der Waals surface area contributed by atoms with Crippen molar-refractivity contribution in [3.63, 3.8) is 0 Å². The van der Waals surface area contributed by atoms with Gasteiger partial charge in [0.25, 0.3) is 0 Å². The van der Waals surface area contributed by atoms with Crippen LogP contribution in [0.15, 0.2) is 24.4 Å². The number of piperidine rings is 1. The minimum Gasteiger partial charge on any atom is -0.375 e. The molecule has 25 heavy (non-hydrogen) atoms. The van der Waals surface area contributed by atoms with Gasteiger partial charge < -0.3 is 14.4 Å². The summed E-state index contributed by atoms with van der Waals surface area (Å²) in [4.78, 5) is 18.4. The summed E-state index contributed by atoms with van der Waals surface area (Å²) in [6, 6.07) is 5.89. The summed E-state index contributed by atoms with van der Waals surface area (Å²) < 4.78 is 12.0. The summed E-state index contributed by atoms with van der Waals surface area (Å²) in [5.41, 5.74) is 0.944. The van der Waals surface area contributed by atoms with Gasteiger partial charge in [-0.25, -0.2) is 0 Å². The fourth-order valence-electron chi connectivity index (χ4n) is 4.14. The third kappa shape index (κ3) is 4.59. The highest BCUT2D eigenvalue weighted by atomic mass is 16.5. The molecule has 138 valence electrons. The lowest BCUT2D eigenvalue weighted by atomic mass is 9.78. The largest absolute Gasteiger partial charge is 0.375 e. The first-order valence-corrected chi connectivity index (χ1v) is 9.63. The molecule has 2 fully saturated rings. The maximum atomic E-state index is 12.1. The Hall–Kier alpha value is -1.46. The molecule has 2 saturated heterocycles. The summed E-state index contributed by atoms with van der Waals surface area (Å²) in [6.07, 6.45) is 7.45. The third-order valence-corrected chi connectivity index (χ3v) is 5.61. The zero-order valence-electron chi connectivity index (χ0n) is 15.3. The lowest BCUT2D eigenvalue weighted by Crippen LogP contribution is -2.49. The minimum absolute atomic E-state index is 0.0304. The van der Waals surface area contributed by atoms with Crippen molar-refractivity contribution >= 4 is 5.91 Å². The van der Waals surface area contributed by atoms with Crippen LogP contribution in [-0.2, 0) is 20.9 Å². The molecule has 0 saturated carbocycles. The highest BCUT2D eigenvalue weighted by molar-refractivity contribution is 5.76. The van der Waals surface area contributed by atoms with E-state index in [1.807, 2.05) is 23.1 Å². The van der Waals surface area contributed by atoms with E-state index in [1.165, 1.54) is 0 Å². The second-order valence-corrected chi connectivity index (χ2v) is 7.19. The van der Waals surface area contributed by atoms with Crippen LogP contribution in [0.25, 0.3) is 0 Å². The van der Waals surface area contributed by atoms with Crippen molar-refractivity contribution in [1.29, 1.82) is 0 Å². The number of hydrogen-bond donors (Lipinski definition) is 0. The van der Waals surface area contributed by atoms with E-state index in [4.69, 9.17) is 9.47 Å². The summed E-state index contributed by atoms with van der Waals surface area (Å²) >= 11 is 0. The van der Waals surface area contributed by atoms with Gasteiger partial charge in [-0.15, -0.1) is 0 Å². The molecule has 0 N–H and O–H groups in total. The quantitative estimate of drug-likeness (QED) is 0.712. The van der Waals surface area contributed by atoms with E-state index in [2.05, 4.69) is 11.9 Å². The monoisotopic (exact) mass is 346 g/mol. The van der Waals surface area contributed by atoms with Crippen LogP contribution in [-0.4, -0.2) is 47.7 Å². The SMILES string of the molecule is CCCC(=O)N1CCC2(CC1)OCC[C@@H]2CCOCc1ccccn1. The van der Waals surface area contributed by atoms with Crippen LogP contribution in [0, 0.1) is 5.92 Å². The number of aromatic nitrogens is 1. The van der Waals surface area contributed by atoms with Gasteiger partial charge in [0.05, 0.1) is 17.9 Å². The third-order valence-electron chi connectivity index (χ3n) is 5.61.